The van der Waals surface area contributed by atoms with Crippen LogP contribution in [0, 0.1) is 6.92 Å². The van der Waals surface area contributed by atoms with Crippen molar-refractivity contribution in [2.75, 3.05) is 0 Å². The number of hydrogen-bond acceptors (Lipinski definition) is 4. The van der Waals surface area contributed by atoms with E-state index in [9.17, 15) is 0 Å². The number of fused-ring (bicyclic) bond motifs is 1. The van der Waals surface area contributed by atoms with E-state index in [0.717, 1.165) is 40.0 Å². The second-order valence-electron chi connectivity index (χ2n) is 5.52. The summed E-state index contributed by atoms with van der Waals surface area (Å²) in [5.74, 6) is 0. The van der Waals surface area contributed by atoms with Crippen LogP contribution >= 0.6 is 0 Å². The Morgan fingerprint density at radius 2 is 1.96 bits per heavy atom. The topological polar surface area (TPSA) is 56.0 Å². The first-order chi connectivity index (χ1) is 11.3. The minimum absolute atomic E-state index is 0.766. The molecule has 5 heteroatoms. The van der Waals surface area contributed by atoms with Crippen molar-refractivity contribution in [3.63, 3.8) is 0 Å². The molecule has 0 N–H and O–H groups in total. The molecule has 4 rings (SSSR count). The number of hydrogen-bond donors (Lipinski definition) is 0. The van der Waals surface area contributed by atoms with Crippen LogP contribution in [0.2, 0.25) is 0 Å². The van der Waals surface area contributed by atoms with E-state index in [-0.39, 0.29) is 0 Å². The van der Waals surface area contributed by atoms with E-state index in [1.165, 1.54) is 0 Å². The number of aryl methyl sites for hydroxylation is 1. The molecule has 23 heavy (non-hydrogen) atoms. The maximum absolute atomic E-state index is 4.52. The first-order valence-electron chi connectivity index (χ1n) is 7.44. The first kappa shape index (κ1) is 13.6. The molecule has 0 saturated heterocycles. The summed E-state index contributed by atoms with van der Waals surface area (Å²) in [6.07, 6.45) is 11.8. The van der Waals surface area contributed by atoms with E-state index >= 15 is 0 Å². The van der Waals surface area contributed by atoms with Crippen LogP contribution in [0.4, 0.5) is 0 Å². The number of rotatable bonds is 3. The smallest absolute Gasteiger partial charge is 0.159 e. The molecule has 4 heterocycles. The fraction of sp³-hybridized carbons (Fsp3) is 0.111. The molecule has 0 aliphatic heterocycles. The highest BCUT2D eigenvalue weighted by Gasteiger charge is 2.11. The van der Waals surface area contributed by atoms with Crippen molar-refractivity contribution >= 4 is 5.65 Å². The zero-order valence-electron chi connectivity index (χ0n) is 12.7. The van der Waals surface area contributed by atoms with Crippen LogP contribution in [-0.4, -0.2) is 24.6 Å². The van der Waals surface area contributed by atoms with Crippen molar-refractivity contribution in [1.82, 2.24) is 24.6 Å². The fourth-order valence-corrected chi connectivity index (χ4v) is 2.73. The van der Waals surface area contributed by atoms with Gasteiger partial charge in [0.15, 0.2) is 5.65 Å². The van der Waals surface area contributed by atoms with Gasteiger partial charge < -0.3 is 0 Å². The molecular formula is C18H15N5. The minimum atomic E-state index is 0.766. The average molecular weight is 301 g/mol. The lowest BCUT2D eigenvalue weighted by Crippen LogP contribution is -1.97. The molecule has 4 aromatic rings. The van der Waals surface area contributed by atoms with Gasteiger partial charge in [0.1, 0.15) is 0 Å². The van der Waals surface area contributed by atoms with E-state index in [4.69, 9.17) is 0 Å². The van der Waals surface area contributed by atoms with Gasteiger partial charge in [0.05, 0.1) is 11.9 Å². The highest BCUT2D eigenvalue weighted by Crippen LogP contribution is 2.21. The Labute approximate surface area is 133 Å². The van der Waals surface area contributed by atoms with Gasteiger partial charge in [-0.15, -0.1) is 0 Å². The van der Waals surface area contributed by atoms with Gasteiger partial charge in [0, 0.05) is 48.5 Å². The molecule has 0 saturated carbocycles. The van der Waals surface area contributed by atoms with E-state index < -0.39 is 0 Å². The van der Waals surface area contributed by atoms with Gasteiger partial charge in [-0.25, -0.2) is 9.50 Å². The Hall–Kier alpha value is -3.08. The normalized spacial score (nSPS) is 11.0. The van der Waals surface area contributed by atoms with Gasteiger partial charge in [0.25, 0.3) is 0 Å². The van der Waals surface area contributed by atoms with E-state index in [1.54, 1.807) is 6.20 Å². The Balaban J connectivity index is 1.79. The Morgan fingerprint density at radius 1 is 1.00 bits per heavy atom. The van der Waals surface area contributed by atoms with Crippen molar-refractivity contribution < 1.29 is 0 Å². The predicted molar refractivity (Wildman–Crippen MR) is 88.0 cm³/mol. The summed E-state index contributed by atoms with van der Waals surface area (Å²) < 4.78 is 1.87. The largest absolute Gasteiger partial charge is 0.264 e. The maximum atomic E-state index is 4.52. The molecule has 0 fully saturated rings. The van der Waals surface area contributed by atoms with Crippen LogP contribution in [0.1, 0.15) is 16.7 Å². The molecule has 0 spiro atoms. The highest BCUT2D eigenvalue weighted by molar-refractivity contribution is 5.63. The van der Waals surface area contributed by atoms with Crippen LogP contribution < -0.4 is 0 Å². The zero-order valence-corrected chi connectivity index (χ0v) is 12.7. The van der Waals surface area contributed by atoms with E-state index in [0.29, 0.717) is 0 Å². The molecule has 0 aromatic carbocycles. The SMILES string of the molecule is Cc1cncc(Cc2cnn3c(-c4cccnc4)ccnc23)c1. The Morgan fingerprint density at radius 3 is 2.78 bits per heavy atom. The highest BCUT2D eigenvalue weighted by atomic mass is 15.3. The standard InChI is InChI=1S/C18H15N5/c1-13-7-14(10-20-9-13)8-16-12-22-23-17(4-6-21-18(16)23)15-3-2-5-19-11-15/h2-7,9-12H,8H2,1H3. The fourth-order valence-electron chi connectivity index (χ4n) is 2.73. The molecule has 0 aliphatic carbocycles. The monoisotopic (exact) mass is 301 g/mol. The van der Waals surface area contributed by atoms with E-state index in [2.05, 4.69) is 26.1 Å². The van der Waals surface area contributed by atoms with Crippen LogP contribution in [-0.2, 0) is 6.42 Å². The summed E-state index contributed by atoms with van der Waals surface area (Å²) in [5.41, 5.74) is 6.27. The molecule has 0 amide bonds. The van der Waals surface area contributed by atoms with Crippen molar-refractivity contribution in [1.29, 1.82) is 0 Å². The lowest BCUT2D eigenvalue weighted by molar-refractivity contribution is 0.946. The summed E-state index contributed by atoms with van der Waals surface area (Å²) in [6.45, 7) is 2.05. The second kappa shape index (κ2) is 5.61. The molecule has 5 nitrogen and oxygen atoms in total. The van der Waals surface area contributed by atoms with Crippen LogP contribution in [0.25, 0.3) is 16.9 Å². The van der Waals surface area contributed by atoms with Crippen LogP contribution in [0.3, 0.4) is 0 Å². The molecule has 0 unspecified atom stereocenters. The minimum Gasteiger partial charge on any atom is -0.264 e. The third-order valence-electron chi connectivity index (χ3n) is 3.76. The van der Waals surface area contributed by atoms with Crippen molar-refractivity contribution in [2.45, 2.75) is 13.3 Å². The van der Waals surface area contributed by atoms with Gasteiger partial charge in [-0.3, -0.25) is 9.97 Å². The summed E-state index contributed by atoms with van der Waals surface area (Å²) >= 11 is 0. The molecule has 4 aromatic heterocycles. The van der Waals surface area contributed by atoms with Gasteiger partial charge >= 0.3 is 0 Å². The Kier molecular flexibility index (Phi) is 3.31. The van der Waals surface area contributed by atoms with Gasteiger partial charge in [0.2, 0.25) is 0 Å². The molecule has 112 valence electrons. The van der Waals surface area contributed by atoms with Crippen molar-refractivity contribution in [3.8, 4) is 11.3 Å². The molecule has 0 atom stereocenters. The summed E-state index contributed by atoms with van der Waals surface area (Å²) in [4.78, 5) is 12.9. The second-order valence-corrected chi connectivity index (χ2v) is 5.52. The third-order valence-corrected chi connectivity index (χ3v) is 3.76. The molecule has 0 aliphatic rings. The zero-order chi connectivity index (χ0) is 15.6. The van der Waals surface area contributed by atoms with Crippen LogP contribution in [0.5, 0.6) is 0 Å². The molecule has 0 radical (unpaired) electrons. The number of nitrogens with zero attached hydrogens (tertiary/aromatic N) is 5. The summed E-state index contributed by atoms with van der Waals surface area (Å²) in [7, 11) is 0. The van der Waals surface area contributed by atoms with E-state index in [1.807, 2.05) is 60.6 Å². The first-order valence-corrected chi connectivity index (χ1v) is 7.44. The van der Waals surface area contributed by atoms with Gasteiger partial charge in [-0.05, 0) is 36.2 Å². The maximum Gasteiger partial charge on any atom is 0.159 e. The van der Waals surface area contributed by atoms with Crippen molar-refractivity contribution in [3.05, 3.63) is 78.1 Å². The van der Waals surface area contributed by atoms with Crippen LogP contribution in [0.15, 0.2) is 61.4 Å². The van der Waals surface area contributed by atoms with Gasteiger partial charge in [-0.1, -0.05) is 6.07 Å². The lowest BCUT2D eigenvalue weighted by atomic mass is 10.1. The number of pyridine rings is 2. The quantitative estimate of drug-likeness (QED) is 0.583. The Bertz CT molecular complexity index is 959. The number of aromatic nitrogens is 5. The summed E-state index contributed by atoms with van der Waals surface area (Å²) in [5, 5.41) is 4.52. The van der Waals surface area contributed by atoms with Gasteiger partial charge in [-0.2, -0.15) is 5.10 Å². The average Bonchev–Trinajstić information content (AvgIpc) is 2.99. The lowest BCUT2D eigenvalue weighted by Gasteiger charge is -2.05. The molecule has 0 bridgehead atoms. The van der Waals surface area contributed by atoms with Crippen molar-refractivity contribution in [2.24, 2.45) is 0 Å². The summed E-state index contributed by atoms with van der Waals surface area (Å²) in [6, 6.07) is 8.04. The third kappa shape index (κ3) is 2.57. The predicted octanol–water partition coefficient (Wildman–Crippen LogP) is 3.09. The molecular weight excluding hydrogens is 286 g/mol.